The lowest BCUT2D eigenvalue weighted by Crippen LogP contribution is -2.48. The largest absolute Gasteiger partial charge is 0.297 e. The normalized spacial score (nSPS) is 25.4. The van der Waals surface area contributed by atoms with Crippen molar-refractivity contribution in [1.82, 2.24) is 4.90 Å². The Bertz CT molecular complexity index is 121. The summed E-state index contributed by atoms with van der Waals surface area (Å²) in [4.78, 5) is 2.59. The van der Waals surface area contributed by atoms with Crippen molar-refractivity contribution in [2.24, 2.45) is 0 Å². The van der Waals surface area contributed by atoms with E-state index < -0.39 is 0 Å². The summed E-state index contributed by atoms with van der Waals surface area (Å²) < 4.78 is 0. The maximum Gasteiger partial charge on any atom is 0.0159 e. The predicted octanol–water partition coefficient (Wildman–Crippen LogP) is 2.65. The second-order valence-corrected chi connectivity index (χ2v) is 4.74. The van der Waals surface area contributed by atoms with E-state index in [-0.39, 0.29) is 0 Å². The summed E-state index contributed by atoms with van der Waals surface area (Å²) in [6.07, 6.45) is 4.15. The van der Waals surface area contributed by atoms with Crippen molar-refractivity contribution in [2.75, 3.05) is 18.4 Å². The van der Waals surface area contributed by atoms with Gasteiger partial charge in [-0.3, -0.25) is 4.90 Å². The second-order valence-electron chi connectivity index (χ2n) is 3.95. The van der Waals surface area contributed by atoms with Crippen LogP contribution in [0.2, 0.25) is 0 Å². The van der Waals surface area contributed by atoms with Crippen molar-refractivity contribution in [1.29, 1.82) is 0 Å². The molecule has 1 saturated heterocycles. The number of likely N-dealkylation sites (tertiary alicyclic amines) is 1. The third-order valence-electron chi connectivity index (χ3n) is 2.68. The summed E-state index contributed by atoms with van der Waals surface area (Å²) in [6, 6.07) is 0. The van der Waals surface area contributed by atoms with Gasteiger partial charge in [-0.2, -0.15) is 0 Å². The van der Waals surface area contributed by atoms with E-state index in [4.69, 9.17) is 0 Å². The predicted molar refractivity (Wildman–Crippen MR) is 53.3 cm³/mol. The van der Waals surface area contributed by atoms with Crippen LogP contribution in [0, 0.1) is 0 Å². The molecule has 1 aliphatic rings. The Labute approximate surface area is 78.3 Å². The van der Waals surface area contributed by atoms with Gasteiger partial charge in [0.2, 0.25) is 0 Å². The molecule has 0 radical (unpaired) electrons. The maximum absolute atomic E-state index is 3.49. The van der Waals surface area contributed by atoms with Gasteiger partial charge in [0.25, 0.3) is 0 Å². The van der Waals surface area contributed by atoms with E-state index in [1.165, 1.54) is 32.4 Å². The summed E-state index contributed by atoms with van der Waals surface area (Å²) in [5.41, 5.74) is 0.450. The van der Waals surface area contributed by atoms with Crippen LogP contribution >= 0.6 is 15.9 Å². The molecule has 0 unspecified atom stereocenters. The Kier molecular flexibility index (Phi) is 3.38. The zero-order chi connectivity index (χ0) is 8.32. The lowest BCUT2D eigenvalue weighted by Gasteiger charge is -2.42. The van der Waals surface area contributed by atoms with E-state index in [0.29, 0.717) is 5.54 Å². The number of hydrogen-bond acceptors (Lipinski definition) is 1. The topological polar surface area (TPSA) is 3.24 Å². The molecule has 1 fully saturated rings. The van der Waals surface area contributed by atoms with Crippen molar-refractivity contribution in [3.8, 4) is 0 Å². The number of piperidine rings is 1. The van der Waals surface area contributed by atoms with Crippen LogP contribution in [0.15, 0.2) is 0 Å². The van der Waals surface area contributed by atoms with Gasteiger partial charge in [-0.25, -0.2) is 0 Å². The van der Waals surface area contributed by atoms with Crippen LogP contribution < -0.4 is 0 Å². The molecule has 0 aromatic heterocycles. The maximum atomic E-state index is 3.49. The minimum Gasteiger partial charge on any atom is -0.297 e. The van der Waals surface area contributed by atoms with Gasteiger partial charge in [-0.05, 0) is 33.2 Å². The molecule has 11 heavy (non-hydrogen) atoms. The number of nitrogens with zero attached hydrogens (tertiary/aromatic N) is 1. The van der Waals surface area contributed by atoms with E-state index in [2.05, 4.69) is 34.7 Å². The van der Waals surface area contributed by atoms with Gasteiger partial charge in [-0.15, -0.1) is 0 Å². The van der Waals surface area contributed by atoms with Crippen LogP contribution in [0.3, 0.4) is 0 Å². The highest BCUT2D eigenvalue weighted by Gasteiger charge is 2.28. The summed E-state index contributed by atoms with van der Waals surface area (Å²) in [7, 11) is 0. The zero-order valence-electron chi connectivity index (χ0n) is 7.57. The molecule has 0 atom stereocenters. The quantitative estimate of drug-likeness (QED) is 0.646. The SMILES string of the molecule is CC1(C)CCCCN1CCBr. The molecule has 0 aromatic carbocycles. The number of hydrogen-bond donors (Lipinski definition) is 0. The van der Waals surface area contributed by atoms with Crippen molar-refractivity contribution in [3.63, 3.8) is 0 Å². The van der Waals surface area contributed by atoms with Crippen molar-refractivity contribution >= 4 is 15.9 Å². The molecule has 66 valence electrons. The van der Waals surface area contributed by atoms with Gasteiger partial charge in [0.15, 0.2) is 0 Å². The first-order valence-corrected chi connectivity index (χ1v) is 5.60. The first kappa shape index (κ1) is 9.53. The molecule has 0 aliphatic carbocycles. The van der Waals surface area contributed by atoms with E-state index in [1.807, 2.05) is 0 Å². The smallest absolute Gasteiger partial charge is 0.0159 e. The Hall–Kier alpha value is 0.440. The molecule has 0 aromatic rings. The van der Waals surface area contributed by atoms with Gasteiger partial charge in [0, 0.05) is 17.4 Å². The fourth-order valence-electron chi connectivity index (χ4n) is 1.84. The minimum absolute atomic E-state index is 0.450. The molecule has 1 aliphatic heterocycles. The molecule has 2 heteroatoms. The van der Waals surface area contributed by atoms with Crippen LogP contribution in [0.1, 0.15) is 33.1 Å². The fourth-order valence-corrected chi connectivity index (χ4v) is 2.27. The summed E-state index contributed by atoms with van der Waals surface area (Å²) in [5.74, 6) is 0. The Morgan fingerprint density at radius 2 is 2.09 bits per heavy atom. The average Bonchev–Trinajstić information content (AvgIpc) is 1.94. The molecule has 0 amide bonds. The third-order valence-corrected chi connectivity index (χ3v) is 3.03. The lowest BCUT2D eigenvalue weighted by molar-refractivity contribution is 0.0849. The molecule has 0 bridgehead atoms. The standard InChI is InChI=1S/C9H18BrN/c1-9(2)5-3-4-7-11(9)8-6-10/h3-8H2,1-2H3. The van der Waals surface area contributed by atoms with E-state index in [1.54, 1.807) is 0 Å². The second kappa shape index (κ2) is 3.90. The fraction of sp³-hybridized carbons (Fsp3) is 1.00. The molecule has 0 saturated carbocycles. The van der Waals surface area contributed by atoms with Crippen LogP contribution in [0.4, 0.5) is 0 Å². The molecule has 1 heterocycles. The van der Waals surface area contributed by atoms with E-state index in [0.717, 1.165) is 5.33 Å². The van der Waals surface area contributed by atoms with Gasteiger partial charge >= 0.3 is 0 Å². The van der Waals surface area contributed by atoms with Gasteiger partial charge < -0.3 is 0 Å². The average molecular weight is 220 g/mol. The van der Waals surface area contributed by atoms with Crippen LogP contribution in [0.25, 0.3) is 0 Å². The van der Waals surface area contributed by atoms with Gasteiger partial charge in [0.1, 0.15) is 0 Å². The molecular formula is C9H18BrN. The lowest BCUT2D eigenvalue weighted by atomic mass is 9.91. The molecule has 1 rings (SSSR count). The first-order valence-electron chi connectivity index (χ1n) is 4.48. The highest BCUT2D eigenvalue weighted by atomic mass is 79.9. The minimum atomic E-state index is 0.450. The first-order chi connectivity index (χ1) is 5.17. The van der Waals surface area contributed by atoms with Crippen molar-refractivity contribution < 1.29 is 0 Å². The Morgan fingerprint density at radius 1 is 1.36 bits per heavy atom. The van der Waals surface area contributed by atoms with Crippen LogP contribution in [-0.4, -0.2) is 28.9 Å². The Balaban J connectivity index is 2.45. The molecule has 1 nitrogen and oxygen atoms in total. The molecule has 0 spiro atoms. The summed E-state index contributed by atoms with van der Waals surface area (Å²) in [6.45, 7) is 7.20. The Morgan fingerprint density at radius 3 is 2.64 bits per heavy atom. The number of halogens is 1. The number of rotatable bonds is 2. The zero-order valence-corrected chi connectivity index (χ0v) is 9.15. The van der Waals surface area contributed by atoms with Gasteiger partial charge in [0.05, 0.1) is 0 Å². The highest BCUT2D eigenvalue weighted by Crippen LogP contribution is 2.26. The molecule has 0 N–H and O–H groups in total. The monoisotopic (exact) mass is 219 g/mol. The summed E-state index contributed by atoms with van der Waals surface area (Å²) in [5, 5.41) is 1.11. The van der Waals surface area contributed by atoms with E-state index >= 15 is 0 Å². The molecular weight excluding hydrogens is 202 g/mol. The van der Waals surface area contributed by atoms with Gasteiger partial charge in [-0.1, -0.05) is 22.4 Å². The van der Waals surface area contributed by atoms with E-state index in [9.17, 15) is 0 Å². The number of alkyl halides is 1. The third kappa shape index (κ3) is 2.45. The van der Waals surface area contributed by atoms with Crippen molar-refractivity contribution in [2.45, 2.75) is 38.6 Å². The summed E-state index contributed by atoms with van der Waals surface area (Å²) >= 11 is 3.49. The van der Waals surface area contributed by atoms with Crippen LogP contribution in [-0.2, 0) is 0 Å². The van der Waals surface area contributed by atoms with Crippen molar-refractivity contribution in [3.05, 3.63) is 0 Å². The van der Waals surface area contributed by atoms with Crippen LogP contribution in [0.5, 0.6) is 0 Å². The highest BCUT2D eigenvalue weighted by molar-refractivity contribution is 9.09.